The van der Waals surface area contributed by atoms with E-state index in [1.807, 2.05) is 6.92 Å². The molecule has 0 amide bonds. The van der Waals surface area contributed by atoms with E-state index in [-0.39, 0.29) is 23.4 Å². The molecule has 0 aromatic carbocycles. The average Bonchev–Trinajstić information content (AvgIpc) is 2.68. The molecule has 1 heterocycles. The minimum Gasteiger partial charge on any atom is -0.361 e. The van der Waals surface area contributed by atoms with Crippen LogP contribution < -0.4 is 0 Å². The molecule has 0 bridgehead atoms. The number of carbonyl (C=O) groups is 1. The van der Waals surface area contributed by atoms with Crippen LogP contribution in [0.5, 0.6) is 0 Å². The molecular formula is C11H16N2O3. The van der Waals surface area contributed by atoms with Crippen LogP contribution in [-0.4, -0.2) is 36.3 Å². The first-order valence-electron chi connectivity index (χ1n) is 5.60. The Labute approximate surface area is 94.3 Å². The Morgan fingerprint density at radius 2 is 2.19 bits per heavy atom. The van der Waals surface area contributed by atoms with Crippen molar-refractivity contribution in [3.05, 3.63) is 5.53 Å². The fourth-order valence-electron chi connectivity index (χ4n) is 2.55. The highest BCUT2D eigenvalue weighted by Gasteiger charge is 2.45. The lowest BCUT2D eigenvalue weighted by molar-refractivity contribution is -0.219. The molecule has 0 radical (unpaired) electrons. The fraction of sp³-hybridized carbons (Fsp3) is 0.818. The molecule has 5 heteroatoms. The van der Waals surface area contributed by atoms with E-state index in [9.17, 15) is 4.79 Å². The summed E-state index contributed by atoms with van der Waals surface area (Å²) < 4.78 is 11.0. The second-order valence-electron chi connectivity index (χ2n) is 4.78. The summed E-state index contributed by atoms with van der Waals surface area (Å²) >= 11 is 0. The van der Waals surface area contributed by atoms with Crippen LogP contribution >= 0.6 is 0 Å². The van der Waals surface area contributed by atoms with Crippen LogP contribution in [0.15, 0.2) is 0 Å². The molecule has 0 aromatic heterocycles. The highest BCUT2D eigenvalue weighted by molar-refractivity contribution is 6.26. The van der Waals surface area contributed by atoms with Crippen molar-refractivity contribution in [2.45, 2.75) is 32.5 Å². The lowest BCUT2D eigenvalue weighted by Gasteiger charge is -2.36. The normalized spacial score (nSPS) is 38.3. The van der Waals surface area contributed by atoms with Gasteiger partial charge >= 0.3 is 6.21 Å². The van der Waals surface area contributed by atoms with Gasteiger partial charge in [0, 0.05) is 11.3 Å². The van der Waals surface area contributed by atoms with E-state index in [1.54, 1.807) is 0 Å². The largest absolute Gasteiger partial charge is 0.361 e. The van der Waals surface area contributed by atoms with Crippen LogP contribution in [0, 0.1) is 11.3 Å². The third kappa shape index (κ3) is 2.21. The van der Waals surface area contributed by atoms with Gasteiger partial charge in [0.1, 0.15) is 0 Å². The lowest BCUT2D eigenvalue weighted by Crippen LogP contribution is -2.39. The van der Waals surface area contributed by atoms with Crippen LogP contribution in [0.4, 0.5) is 0 Å². The number of nitrogens with zero attached hydrogens (tertiary/aromatic N) is 2. The minimum absolute atomic E-state index is 0.00384. The van der Waals surface area contributed by atoms with Gasteiger partial charge in [0.05, 0.1) is 13.2 Å². The Bertz CT molecular complexity index is 328. The summed E-state index contributed by atoms with van der Waals surface area (Å²) in [6.45, 7) is 3.20. The van der Waals surface area contributed by atoms with Crippen molar-refractivity contribution in [1.29, 1.82) is 0 Å². The van der Waals surface area contributed by atoms with Gasteiger partial charge in [-0.3, -0.25) is 4.79 Å². The number of ether oxygens (including phenoxy) is 2. The van der Waals surface area contributed by atoms with Gasteiger partial charge in [0.2, 0.25) is 5.78 Å². The Morgan fingerprint density at radius 3 is 2.81 bits per heavy atom. The van der Waals surface area contributed by atoms with Crippen LogP contribution in [0.2, 0.25) is 0 Å². The van der Waals surface area contributed by atoms with Crippen LogP contribution in [-0.2, 0) is 14.3 Å². The standard InChI is InChI=1S/C11H16N2O3/c1-8-15-6-11(7-16-8)3-2-9(4-11)10(14)5-13-12/h5,8-9H,2-4,6-7H2,1H3. The molecule has 0 N–H and O–H groups in total. The average molecular weight is 224 g/mol. The van der Waals surface area contributed by atoms with Crippen molar-refractivity contribution in [3.63, 3.8) is 0 Å². The first-order valence-corrected chi connectivity index (χ1v) is 5.60. The smallest absolute Gasteiger partial charge is 0.323 e. The molecule has 1 aliphatic heterocycles. The van der Waals surface area contributed by atoms with E-state index >= 15 is 0 Å². The molecule has 88 valence electrons. The molecule has 1 unspecified atom stereocenters. The maximum atomic E-state index is 11.5. The zero-order chi connectivity index (χ0) is 11.6. The van der Waals surface area contributed by atoms with Crippen molar-refractivity contribution < 1.29 is 19.1 Å². The van der Waals surface area contributed by atoms with Gasteiger partial charge in [-0.25, -0.2) is 0 Å². The van der Waals surface area contributed by atoms with E-state index in [4.69, 9.17) is 15.0 Å². The third-order valence-electron chi connectivity index (χ3n) is 3.54. The van der Waals surface area contributed by atoms with Gasteiger partial charge in [-0.1, -0.05) is 0 Å². The quantitative estimate of drug-likeness (QED) is 0.399. The molecule has 2 fully saturated rings. The Hall–Kier alpha value is -1.03. The minimum atomic E-state index is -0.139. The molecule has 5 nitrogen and oxygen atoms in total. The summed E-state index contributed by atoms with van der Waals surface area (Å²) in [7, 11) is 0. The maximum Gasteiger partial charge on any atom is 0.323 e. The topological polar surface area (TPSA) is 71.9 Å². The van der Waals surface area contributed by atoms with Crippen LogP contribution in [0.3, 0.4) is 0 Å². The molecule has 0 aromatic rings. The Kier molecular flexibility index (Phi) is 3.19. The number of carbonyl (C=O) groups excluding carboxylic acids is 1. The molecule has 1 saturated carbocycles. The van der Waals surface area contributed by atoms with Gasteiger partial charge < -0.3 is 15.0 Å². The number of hydrogen-bond donors (Lipinski definition) is 0. The van der Waals surface area contributed by atoms with E-state index in [0.717, 1.165) is 25.5 Å². The van der Waals surface area contributed by atoms with Gasteiger partial charge in [-0.15, -0.1) is 0 Å². The molecule has 2 aliphatic rings. The van der Waals surface area contributed by atoms with Crippen molar-refractivity contribution >= 4 is 12.0 Å². The first kappa shape index (κ1) is 11.5. The number of Topliss-reactive ketones (excluding diaryl/α,β-unsaturated/α-hetero) is 1. The van der Waals surface area contributed by atoms with Gasteiger partial charge in [-0.2, -0.15) is 4.79 Å². The van der Waals surface area contributed by atoms with Crippen molar-refractivity contribution in [2.75, 3.05) is 13.2 Å². The summed E-state index contributed by atoms with van der Waals surface area (Å²) in [4.78, 5) is 14.3. The van der Waals surface area contributed by atoms with E-state index in [1.165, 1.54) is 0 Å². The number of rotatable bonds is 2. The summed E-state index contributed by atoms with van der Waals surface area (Å²) in [6, 6.07) is 0. The molecule has 1 spiro atoms. The second kappa shape index (κ2) is 4.45. The zero-order valence-electron chi connectivity index (χ0n) is 9.39. The molecule has 1 atom stereocenters. The van der Waals surface area contributed by atoms with Gasteiger partial charge in [0.25, 0.3) is 0 Å². The molecular weight excluding hydrogens is 208 g/mol. The Morgan fingerprint density at radius 1 is 1.50 bits per heavy atom. The van der Waals surface area contributed by atoms with Crippen LogP contribution in [0.25, 0.3) is 5.53 Å². The van der Waals surface area contributed by atoms with Crippen LogP contribution in [0.1, 0.15) is 26.2 Å². The highest BCUT2D eigenvalue weighted by Crippen LogP contribution is 2.44. The summed E-state index contributed by atoms with van der Waals surface area (Å²) in [5.41, 5.74) is 8.33. The summed E-state index contributed by atoms with van der Waals surface area (Å²) in [5.74, 6) is -0.144. The number of hydrogen-bond acceptors (Lipinski definition) is 3. The van der Waals surface area contributed by atoms with Gasteiger partial charge in [-0.05, 0) is 26.2 Å². The third-order valence-corrected chi connectivity index (χ3v) is 3.54. The van der Waals surface area contributed by atoms with Crippen molar-refractivity contribution in [3.8, 4) is 0 Å². The molecule has 1 aliphatic carbocycles. The van der Waals surface area contributed by atoms with Crippen molar-refractivity contribution in [2.24, 2.45) is 11.3 Å². The SMILES string of the molecule is CC1OCC2(CCC(C(=O)C=[N+]=[N-])C2)CO1. The zero-order valence-corrected chi connectivity index (χ0v) is 9.39. The first-order chi connectivity index (χ1) is 7.65. The van der Waals surface area contributed by atoms with Gasteiger partial charge in [0.15, 0.2) is 6.29 Å². The second-order valence-corrected chi connectivity index (χ2v) is 4.78. The summed E-state index contributed by atoms with van der Waals surface area (Å²) in [6.07, 6.45) is 3.39. The monoisotopic (exact) mass is 224 g/mol. The maximum absolute atomic E-state index is 11.5. The lowest BCUT2D eigenvalue weighted by atomic mass is 9.86. The predicted octanol–water partition coefficient (Wildman–Crippen LogP) is 1.04. The van der Waals surface area contributed by atoms with E-state index < -0.39 is 0 Å². The van der Waals surface area contributed by atoms with E-state index in [0.29, 0.717) is 13.2 Å². The molecule has 2 rings (SSSR count). The number of ketones is 1. The fourth-order valence-corrected chi connectivity index (χ4v) is 2.55. The predicted molar refractivity (Wildman–Crippen MR) is 55.8 cm³/mol. The van der Waals surface area contributed by atoms with Crippen molar-refractivity contribution in [1.82, 2.24) is 0 Å². The van der Waals surface area contributed by atoms with E-state index in [2.05, 4.69) is 4.79 Å². The summed E-state index contributed by atoms with van der Waals surface area (Å²) in [5, 5.41) is 0. The molecule has 16 heavy (non-hydrogen) atoms. The Balaban J connectivity index is 1.97. The molecule has 1 saturated heterocycles. The highest BCUT2D eigenvalue weighted by atomic mass is 16.7.